The van der Waals surface area contributed by atoms with E-state index < -0.39 is 41.7 Å². The standard InChI is InChI=1S/C13H19NO5/c1-6(2)4-5-14-8-7(13(17)18-3)11-9(15)10(16)12(8)19-11/h6-8,11-12,14H,4-5H2,1-3H3. The van der Waals surface area contributed by atoms with E-state index in [1.54, 1.807) is 0 Å². The van der Waals surface area contributed by atoms with Gasteiger partial charge in [-0.2, -0.15) is 0 Å². The van der Waals surface area contributed by atoms with E-state index in [1.807, 2.05) is 0 Å². The first-order chi connectivity index (χ1) is 8.97. The highest BCUT2D eigenvalue weighted by Gasteiger charge is 2.62. The summed E-state index contributed by atoms with van der Waals surface area (Å²) in [6.45, 7) is 4.85. The van der Waals surface area contributed by atoms with Crippen molar-refractivity contribution in [1.82, 2.24) is 5.32 Å². The van der Waals surface area contributed by atoms with Crippen LogP contribution in [-0.4, -0.2) is 49.4 Å². The van der Waals surface area contributed by atoms with Crippen molar-refractivity contribution >= 4 is 17.5 Å². The fourth-order valence-electron chi connectivity index (χ4n) is 2.61. The summed E-state index contributed by atoms with van der Waals surface area (Å²) in [7, 11) is 1.27. The zero-order chi connectivity index (χ0) is 14.2. The Morgan fingerprint density at radius 3 is 2.53 bits per heavy atom. The molecule has 19 heavy (non-hydrogen) atoms. The molecule has 0 amide bonds. The highest BCUT2D eigenvalue weighted by atomic mass is 16.5. The average Bonchev–Trinajstić information content (AvgIpc) is 2.86. The van der Waals surface area contributed by atoms with Gasteiger partial charge >= 0.3 is 5.97 Å². The third-order valence-electron chi connectivity index (χ3n) is 3.67. The maximum Gasteiger partial charge on any atom is 0.313 e. The van der Waals surface area contributed by atoms with Crippen molar-refractivity contribution < 1.29 is 23.9 Å². The molecular formula is C13H19NO5. The quantitative estimate of drug-likeness (QED) is 0.545. The number of fused-ring (bicyclic) bond motifs is 2. The van der Waals surface area contributed by atoms with Gasteiger partial charge < -0.3 is 14.8 Å². The topological polar surface area (TPSA) is 81.7 Å². The Bertz CT molecular complexity index is 406. The Kier molecular flexibility index (Phi) is 4.01. The van der Waals surface area contributed by atoms with Crippen LogP contribution in [0.1, 0.15) is 20.3 Å². The van der Waals surface area contributed by atoms with E-state index in [0.717, 1.165) is 6.42 Å². The smallest absolute Gasteiger partial charge is 0.313 e. The zero-order valence-electron chi connectivity index (χ0n) is 11.3. The first kappa shape index (κ1) is 14.1. The monoisotopic (exact) mass is 269 g/mol. The van der Waals surface area contributed by atoms with E-state index in [2.05, 4.69) is 19.2 Å². The second-order valence-electron chi connectivity index (χ2n) is 5.42. The molecule has 0 radical (unpaired) electrons. The Morgan fingerprint density at radius 2 is 1.95 bits per heavy atom. The zero-order valence-corrected chi connectivity index (χ0v) is 11.3. The average molecular weight is 269 g/mol. The van der Waals surface area contributed by atoms with E-state index in [-0.39, 0.29) is 0 Å². The van der Waals surface area contributed by atoms with Crippen LogP contribution in [0.4, 0.5) is 0 Å². The highest BCUT2D eigenvalue weighted by Crippen LogP contribution is 2.35. The minimum absolute atomic E-state index is 0.457. The number of hydrogen-bond donors (Lipinski definition) is 1. The van der Waals surface area contributed by atoms with Crippen molar-refractivity contribution in [3.63, 3.8) is 0 Å². The number of ether oxygens (including phenoxy) is 2. The van der Waals surface area contributed by atoms with Crippen LogP contribution in [0.25, 0.3) is 0 Å². The van der Waals surface area contributed by atoms with Crippen molar-refractivity contribution in [2.75, 3.05) is 13.7 Å². The molecule has 106 valence electrons. The van der Waals surface area contributed by atoms with Crippen molar-refractivity contribution in [2.24, 2.45) is 11.8 Å². The molecule has 6 nitrogen and oxygen atoms in total. The molecule has 2 heterocycles. The van der Waals surface area contributed by atoms with Gasteiger partial charge in [-0.05, 0) is 18.9 Å². The maximum absolute atomic E-state index is 11.8. The summed E-state index contributed by atoms with van der Waals surface area (Å²) in [6.07, 6.45) is -0.889. The lowest BCUT2D eigenvalue weighted by molar-refractivity contribution is -0.151. The van der Waals surface area contributed by atoms with Crippen LogP contribution >= 0.6 is 0 Å². The van der Waals surface area contributed by atoms with Gasteiger partial charge in [0, 0.05) is 0 Å². The number of Topliss-reactive ketones (excluding diaryl/α,β-unsaturated/α-hetero) is 2. The van der Waals surface area contributed by atoms with Gasteiger partial charge in [0.1, 0.15) is 18.1 Å². The largest absolute Gasteiger partial charge is 0.469 e. The number of carbonyl (C=O) groups excluding carboxylic acids is 3. The number of methoxy groups -OCH3 is 1. The molecule has 4 unspecified atom stereocenters. The maximum atomic E-state index is 11.8. The summed E-state index contributed by atoms with van der Waals surface area (Å²) in [5.41, 5.74) is 0. The molecule has 2 rings (SSSR count). The number of nitrogens with one attached hydrogen (secondary N) is 1. The molecule has 0 aromatic heterocycles. The fourth-order valence-corrected chi connectivity index (χ4v) is 2.61. The molecule has 0 aliphatic carbocycles. The first-order valence-electron chi connectivity index (χ1n) is 6.52. The number of hydrogen-bond acceptors (Lipinski definition) is 6. The minimum Gasteiger partial charge on any atom is -0.469 e. The second-order valence-corrected chi connectivity index (χ2v) is 5.42. The van der Waals surface area contributed by atoms with Gasteiger partial charge in [0.05, 0.1) is 13.2 Å². The van der Waals surface area contributed by atoms with Gasteiger partial charge in [0.2, 0.25) is 11.6 Å². The molecule has 2 aliphatic rings. The van der Waals surface area contributed by atoms with Gasteiger partial charge in [-0.25, -0.2) is 0 Å². The van der Waals surface area contributed by atoms with Crippen LogP contribution in [0.2, 0.25) is 0 Å². The molecule has 2 aliphatic heterocycles. The lowest BCUT2D eigenvalue weighted by Gasteiger charge is -2.25. The van der Waals surface area contributed by atoms with Crippen LogP contribution in [0.5, 0.6) is 0 Å². The molecule has 1 N–H and O–H groups in total. The molecule has 0 spiro atoms. The summed E-state index contributed by atoms with van der Waals surface area (Å²) in [5.74, 6) is -1.85. The van der Waals surface area contributed by atoms with Gasteiger partial charge in [-0.15, -0.1) is 0 Å². The molecule has 2 bridgehead atoms. The van der Waals surface area contributed by atoms with Gasteiger partial charge in [0.15, 0.2) is 0 Å². The molecular weight excluding hydrogens is 250 g/mol. The van der Waals surface area contributed by atoms with E-state index >= 15 is 0 Å². The Balaban J connectivity index is 2.08. The van der Waals surface area contributed by atoms with E-state index in [4.69, 9.17) is 9.47 Å². The van der Waals surface area contributed by atoms with E-state index in [0.29, 0.717) is 12.5 Å². The lowest BCUT2D eigenvalue weighted by atomic mass is 9.83. The third-order valence-corrected chi connectivity index (χ3v) is 3.67. The molecule has 0 saturated carbocycles. The molecule has 2 saturated heterocycles. The van der Waals surface area contributed by atoms with Gasteiger partial charge in [-0.1, -0.05) is 13.8 Å². The molecule has 6 heteroatoms. The van der Waals surface area contributed by atoms with Crippen LogP contribution in [0.15, 0.2) is 0 Å². The van der Waals surface area contributed by atoms with Crippen molar-refractivity contribution in [3.05, 3.63) is 0 Å². The summed E-state index contributed by atoms with van der Waals surface area (Å²) in [4.78, 5) is 35.0. The van der Waals surface area contributed by atoms with Crippen molar-refractivity contribution in [1.29, 1.82) is 0 Å². The molecule has 4 atom stereocenters. The highest BCUT2D eigenvalue weighted by molar-refractivity contribution is 6.43. The van der Waals surface area contributed by atoms with Gasteiger partial charge in [-0.3, -0.25) is 14.4 Å². The predicted molar refractivity (Wildman–Crippen MR) is 65.4 cm³/mol. The summed E-state index contributed by atoms with van der Waals surface area (Å²) < 4.78 is 10.0. The molecule has 0 aromatic rings. The van der Waals surface area contributed by atoms with Crippen LogP contribution in [0.3, 0.4) is 0 Å². The predicted octanol–water partition coefficient (Wildman–Crippen LogP) is -0.301. The van der Waals surface area contributed by atoms with Gasteiger partial charge in [0.25, 0.3) is 0 Å². The van der Waals surface area contributed by atoms with Crippen LogP contribution in [-0.2, 0) is 23.9 Å². The summed E-state index contributed by atoms with van der Waals surface area (Å²) >= 11 is 0. The lowest BCUT2D eigenvalue weighted by Crippen LogP contribution is -2.54. The number of rotatable bonds is 5. The Morgan fingerprint density at radius 1 is 1.32 bits per heavy atom. The molecule has 2 fully saturated rings. The normalized spacial score (nSPS) is 33.3. The second kappa shape index (κ2) is 5.38. The van der Waals surface area contributed by atoms with Crippen molar-refractivity contribution in [3.8, 4) is 0 Å². The van der Waals surface area contributed by atoms with E-state index in [1.165, 1.54) is 7.11 Å². The minimum atomic E-state index is -0.971. The fraction of sp³-hybridized carbons (Fsp3) is 0.769. The number of ketones is 2. The SMILES string of the molecule is COC(=O)C1C2OC(C(=O)C2=O)C1NCCC(C)C. The molecule has 0 aromatic carbocycles. The number of carbonyl (C=O) groups is 3. The van der Waals surface area contributed by atoms with Crippen molar-refractivity contribution in [2.45, 2.75) is 38.5 Å². The van der Waals surface area contributed by atoms with Crippen LogP contribution < -0.4 is 5.32 Å². The van der Waals surface area contributed by atoms with Crippen LogP contribution in [0, 0.1) is 11.8 Å². The number of esters is 1. The summed E-state index contributed by atoms with van der Waals surface area (Å²) in [5, 5.41) is 3.16. The Labute approximate surface area is 111 Å². The summed E-state index contributed by atoms with van der Waals surface area (Å²) in [6, 6.07) is -0.457. The third kappa shape index (κ3) is 2.42. The first-order valence-corrected chi connectivity index (χ1v) is 6.52. The Hall–Kier alpha value is -1.27. The van der Waals surface area contributed by atoms with E-state index in [9.17, 15) is 14.4 Å².